The van der Waals surface area contributed by atoms with Gasteiger partial charge >= 0.3 is 0 Å². The highest BCUT2D eigenvalue weighted by Crippen LogP contribution is 2.39. The first-order chi connectivity index (χ1) is 19.2. The Balaban J connectivity index is 1.46. The molecule has 0 bridgehead atoms. The summed E-state index contributed by atoms with van der Waals surface area (Å²) in [5.74, 6) is 0. The van der Waals surface area contributed by atoms with Crippen molar-refractivity contribution in [3.8, 4) is 44.6 Å². The monoisotopic (exact) mass is 500 g/mol. The van der Waals surface area contributed by atoms with Crippen molar-refractivity contribution < 1.29 is 0 Å². The van der Waals surface area contributed by atoms with Crippen LogP contribution in [0.5, 0.6) is 0 Å². The zero-order valence-electron chi connectivity index (χ0n) is 22.1. The van der Waals surface area contributed by atoms with Crippen molar-refractivity contribution in [3.05, 3.63) is 139 Å². The van der Waals surface area contributed by atoms with Crippen molar-refractivity contribution in [1.82, 2.24) is 9.97 Å². The van der Waals surface area contributed by atoms with Crippen molar-refractivity contribution in [2.75, 3.05) is 0 Å². The first-order valence-electron chi connectivity index (χ1n) is 13.4. The van der Waals surface area contributed by atoms with E-state index in [4.69, 9.17) is 0 Å². The fourth-order valence-corrected chi connectivity index (χ4v) is 5.81. The highest BCUT2D eigenvalue weighted by Gasteiger charge is 2.15. The van der Waals surface area contributed by atoms with Gasteiger partial charge in [-0.3, -0.25) is 4.98 Å². The molecule has 0 spiro atoms. The Bertz CT molecular complexity index is 1910. The highest BCUT2D eigenvalue weighted by atomic mass is 14.7. The second kappa shape index (κ2) is 9.41. The number of hydrogen-bond acceptors (Lipinski definition) is 1. The quantitative estimate of drug-likeness (QED) is 0.256. The van der Waals surface area contributed by atoms with Crippen molar-refractivity contribution in [2.45, 2.75) is 13.8 Å². The van der Waals surface area contributed by atoms with E-state index in [0.717, 1.165) is 11.3 Å². The maximum absolute atomic E-state index is 4.67. The molecule has 2 aromatic heterocycles. The predicted molar refractivity (Wildman–Crippen MR) is 165 cm³/mol. The number of para-hydroxylation sites is 2. The van der Waals surface area contributed by atoms with Crippen LogP contribution in [0, 0.1) is 13.8 Å². The third-order valence-corrected chi connectivity index (χ3v) is 7.71. The van der Waals surface area contributed by atoms with Crippen molar-refractivity contribution in [1.29, 1.82) is 0 Å². The van der Waals surface area contributed by atoms with Gasteiger partial charge in [0.15, 0.2) is 0 Å². The van der Waals surface area contributed by atoms with Crippen molar-refractivity contribution >= 4 is 21.8 Å². The maximum atomic E-state index is 4.67. The Hall–Kier alpha value is -4.95. The summed E-state index contributed by atoms with van der Waals surface area (Å²) >= 11 is 0. The lowest BCUT2D eigenvalue weighted by Gasteiger charge is -2.16. The minimum Gasteiger partial charge on any atom is -0.354 e. The molecule has 186 valence electrons. The molecule has 0 aliphatic heterocycles. The predicted octanol–water partition coefficient (Wildman–Crippen LogP) is 10.0. The minimum absolute atomic E-state index is 0.976. The zero-order valence-corrected chi connectivity index (χ0v) is 22.1. The number of aromatic amines is 1. The largest absolute Gasteiger partial charge is 0.354 e. The Morgan fingerprint density at radius 1 is 0.487 bits per heavy atom. The van der Waals surface area contributed by atoms with Gasteiger partial charge in [-0.05, 0) is 95.3 Å². The van der Waals surface area contributed by atoms with E-state index in [1.54, 1.807) is 0 Å². The van der Waals surface area contributed by atoms with Crippen LogP contribution >= 0.6 is 0 Å². The van der Waals surface area contributed by atoms with Crippen LogP contribution in [0.4, 0.5) is 0 Å². The van der Waals surface area contributed by atoms with Crippen LogP contribution in [0.15, 0.2) is 128 Å². The standard InChI is InChI=1S/C37H28N2/c1-24-19-25(2)34(32-15-10-14-31-30-13-6-7-17-36(30)39-37(31)32)23-33(24)28-20-27(26-11-4-3-5-12-26)21-29(22-28)35-16-8-9-18-38-35/h3-23,39H,1-2H3. The molecule has 5 aromatic carbocycles. The number of aromatic nitrogens is 2. The number of fused-ring (bicyclic) bond motifs is 3. The van der Waals surface area contributed by atoms with Crippen molar-refractivity contribution in [2.24, 2.45) is 0 Å². The summed E-state index contributed by atoms with van der Waals surface area (Å²) in [5, 5.41) is 2.52. The number of pyridine rings is 1. The van der Waals surface area contributed by atoms with E-state index in [1.807, 2.05) is 18.3 Å². The van der Waals surface area contributed by atoms with Crippen LogP contribution < -0.4 is 0 Å². The van der Waals surface area contributed by atoms with Gasteiger partial charge in [-0.1, -0.05) is 78.9 Å². The van der Waals surface area contributed by atoms with Gasteiger partial charge in [0.2, 0.25) is 0 Å². The lowest BCUT2D eigenvalue weighted by atomic mass is 9.88. The summed E-state index contributed by atoms with van der Waals surface area (Å²) < 4.78 is 0. The number of H-pyrrole nitrogens is 1. The third kappa shape index (κ3) is 4.11. The van der Waals surface area contributed by atoms with E-state index in [-0.39, 0.29) is 0 Å². The summed E-state index contributed by atoms with van der Waals surface area (Å²) in [6, 6.07) is 43.4. The number of nitrogens with zero attached hydrogens (tertiary/aromatic N) is 1. The highest BCUT2D eigenvalue weighted by molar-refractivity contribution is 6.12. The molecule has 0 saturated carbocycles. The molecule has 0 radical (unpaired) electrons. The molecular weight excluding hydrogens is 472 g/mol. The Morgan fingerprint density at radius 2 is 1.21 bits per heavy atom. The Kier molecular flexibility index (Phi) is 5.60. The van der Waals surface area contributed by atoms with Crippen LogP contribution in [0.2, 0.25) is 0 Å². The molecule has 0 saturated heterocycles. The second-order valence-electron chi connectivity index (χ2n) is 10.3. The number of aryl methyl sites for hydroxylation is 2. The van der Waals surface area contributed by atoms with Gasteiger partial charge < -0.3 is 4.98 Å². The maximum Gasteiger partial charge on any atom is 0.0702 e. The van der Waals surface area contributed by atoms with Gasteiger partial charge in [0.25, 0.3) is 0 Å². The van der Waals surface area contributed by atoms with Crippen molar-refractivity contribution in [3.63, 3.8) is 0 Å². The molecule has 7 aromatic rings. The topological polar surface area (TPSA) is 28.7 Å². The second-order valence-corrected chi connectivity index (χ2v) is 10.3. The number of nitrogens with one attached hydrogen (secondary N) is 1. The molecule has 0 aliphatic rings. The van der Waals surface area contributed by atoms with E-state index in [9.17, 15) is 0 Å². The van der Waals surface area contributed by atoms with Crippen LogP contribution in [0.1, 0.15) is 11.1 Å². The van der Waals surface area contributed by atoms with Gasteiger partial charge in [0.05, 0.1) is 11.2 Å². The van der Waals surface area contributed by atoms with E-state index < -0.39 is 0 Å². The molecule has 2 nitrogen and oxygen atoms in total. The van der Waals surface area contributed by atoms with Gasteiger partial charge in [0.1, 0.15) is 0 Å². The fraction of sp³-hybridized carbons (Fsp3) is 0.0541. The summed E-state index contributed by atoms with van der Waals surface area (Å²) in [6.45, 7) is 4.43. The van der Waals surface area contributed by atoms with E-state index in [0.29, 0.717) is 0 Å². The zero-order chi connectivity index (χ0) is 26.3. The average molecular weight is 501 g/mol. The number of rotatable bonds is 4. The first-order valence-corrected chi connectivity index (χ1v) is 13.4. The van der Waals surface area contributed by atoms with Gasteiger partial charge in [-0.15, -0.1) is 0 Å². The summed E-state index contributed by atoms with van der Waals surface area (Å²) in [4.78, 5) is 8.37. The molecule has 2 heterocycles. The molecule has 2 heteroatoms. The third-order valence-electron chi connectivity index (χ3n) is 7.71. The van der Waals surface area contributed by atoms with E-state index in [1.165, 1.54) is 66.3 Å². The summed E-state index contributed by atoms with van der Waals surface area (Å²) in [7, 11) is 0. The first kappa shape index (κ1) is 23.2. The normalized spacial score (nSPS) is 11.3. The molecule has 0 unspecified atom stereocenters. The Morgan fingerprint density at radius 3 is 2.05 bits per heavy atom. The van der Waals surface area contributed by atoms with Crippen LogP contribution in [0.3, 0.4) is 0 Å². The van der Waals surface area contributed by atoms with E-state index in [2.05, 4.69) is 133 Å². The average Bonchev–Trinajstić information content (AvgIpc) is 3.37. The number of hydrogen-bond donors (Lipinski definition) is 1. The van der Waals surface area contributed by atoms with Gasteiger partial charge in [0, 0.05) is 33.6 Å². The lowest BCUT2D eigenvalue weighted by molar-refractivity contribution is 1.32. The molecular formula is C37H28N2. The molecule has 0 amide bonds. The van der Waals surface area contributed by atoms with Crippen LogP contribution in [-0.4, -0.2) is 9.97 Å². The molecule has 0 atom stereocenters. The molecule has 1 N–H and O–H groups in total. The van der Waals surface area contributed by atoms with E-state index >= 15 is 0 Å². The molecule has 0 fully saturated rings. The van der Waals surface area contributed by atoms with Gasteiger partial charge in [-0.25, -0.2) is 0 Å². The SMILES string of the molecule is Cc1cc(C)c(-c2cccc3c2[nH]c2ccccc23)cc1-c1cc(-c2ccccc2)cc(-c2ccccn2)c1. The lowest BCUT2D eigenvalue weighted by Crippen LogP contribution is -1.93. The molecule has 7 rings (SSSR count). The smallest absolute Gasteiger partial charge is 0.0702 e. The number of benzene rings is 5. The Labute approximate surface area is 228 Å². The van der Waals surface area contributed by atoms with Crippen LogP contribution in [-0.2, 0) is 0 Å². The van der Waals surface area contributed by atoms with Gasteiger partial charge in [-0.2, -0.15) is 0 Å². The minimum atomic E-state index is 0.976. The summed E-state index contributed by atoms with van der Waals surface area (Å²) in [6.07, 6.45) is 1.86. The molecule has 0 aliphatic carbocycles. The van der Waals surface area contributed by atoms with Crippen LogP contribution in [0.25, 0.3) is 66.4 Å². The summed E-state index contributed by atoms with van der Waals surface area (Å²) in [5.41, 5.74) is 14.3. The fourth-order valence-electron chi connectivity index (χ4n) is 5.81. The molecule has 39 heavy (non-hydrogen) atoms.